The first-order valence-corrected chi connectivity index (χ1v) is 11.0. The van der Waals surface area contributed by atoms with Gasteiger partial charge in [0, 0.05) is 18.4 Å². The number of hydrogen-bond acceptors (Lipinski definition) is 5. The molecule has 5 nitrogen and oxygen atoms in total. The highest BCUT2D eigenvalue weighted by molar-refractivity contribution is 7.85. The summed E-state index contributed by atoms with van der Waals surface area (Å²) in [5.74, 6) is 0.738. The summed E-state index contributed by atoms with van der Waals surface area (Å²) in [6, 6.07) is 10.7. The second kappa shape index (κ2) is 7.42. The fourth-order valence-electron chi connectivity index (χ4n) is 3.25. The Morgan fingerprint density at radius 1 is 1.31 bits per heavy atom. The monoisotopic (exact) mass is 374 g/mol. The van der Waals surface area contributed by atoms with E-state index >= 15 is 0 Å². The van der Waals surface area contributed by atoms with Gasteiger partial charge in [0.05, 0.1) is 24.3 Å². The second-order valence-electron chi connectivity index (χ2n) is 7.43. The van der Waals surface area contributed by atoms with Crippen molar-refractivity contribution in [2.75, 3.05) is 24.3 Å². The lowest BCUT2D eigenvalue weighted by atomic mass is 9.97. The summed E-state index contributed by atoms with van der Waals surface area (Å²) in [4.78, 5) is 2.21. The Kier molecular flexibility index (Phi) is 5.40. The molecule has 2 aliphatic carbocycles. The molecule has 0 aliphatic heterocycles. The predicted molar refractivity (Wildman–Crippen MR) is 102 cm³/mol. The Morgan fingerprint density at radius 2 is 2.00 bits per heavy atom. The van der Waals surface area contributed by atoms with Crippen LogP contribution in [0.2, 0.25) is 0 Å². The van der Waals surface area contributed by atoms with Crippen LogP contribution in [0.15, 0.2) is 36.5 Å². The third-order valence-electron chi connectivity index (χ3n) is 5.23. The molecular formula is C20H26N2O3S. The van der Waals surface area contributed by atoms with Gasteiger partial charge in [0.25, 0.3) is 10.1 Å². The van der Waals surface area contributed by atoms with Gasteiger partial charge < -0.3 is 4.90 Å². The van der Waals surface area contributed by atoms with E-state index in [2.05, 4.69) is 54.4 Å². The number of nitrogens with zero attached hydrogens (tertiary/aromatic N) is 2. The molecule has 0 radical (unpaired) electrons. The lowest BCUT2D eigenvalue weighted by Gasteiger charge is -2.21. The molecular weight excluding hydrogens is 348 g/mol. The molecule has 1 aromatic rings. The van der Waals surface area contributed by atoms with Crippen LogP contribution < -0.4 is 4.90 Å². The van der Waals surface area contributed by atoms with E-state index in [1.807, 2.05) is 0 Å². The zero-order valence-corrected chi connectivity index (χ0v) is 16.2. The van der Waals surface area contributed by atoms with Crippen molar-refractivity contribution in [2.45, 2.75) is 38.0 Å². The molecule has 2 fully saturated rings. The summed E-state index contributed by atoms with van der Waals surface area (Å²) in [5.41, 5.74) is 1.95. The zero-order valence-electron chi connectivity index (χ0n) is 15.4. The van der Waals surface area contributed by atoms with Crippen LogP contribution in [0.3, 0.4) is 0 Å². The highest BCUT2D eigenvalue weighted by Gasteiger charge is 2.44. The van der Waals surface area contributed by atoms with Gasteiger partial charge in [0.2, 0.25) is 0 Å². The molecule has 0 N–H and O–H groups in total. The molecule has 140 valence electrons. The molecule has 0 unspecified atom stereocenters. The van der Waals surface area contributed by atoms with Crippen LogP contribution in [0.4, 0.5) is 5.69 Å². The predicted octanol–water partition coefficient (Wildman–Crippen LogP) is 3.58. The van der Waals surface area contributed by atoms with Gasteiger partial charge in [-0.3, -0.25) is 4.18 Å². The van der Waals surface area contributed by atoms with Crippen LogP contribution in [0.25, 0.3) is 0 Å². The minimum atomic E-state index is -3.37. The molecule has 2 saturated carbocycles. The minimum Gasteiger partial charge on any atom is -0.348 e. The van der Waals surface area contributed by atoms with Gasteiger partial charge in [-0.1, -0.05) is 25.1 Å². The average Bonchev–Trinajstić information content (AvgIpc) is 3.52. The number of allylic oxidation sites excluding steroid dienone is 1. The van der Waals surface area contributed by atoms with Crippen molar-refractivity contribution in [3.05, 3.63) is 42.1 Å². The van der Waals surface area contributed by atoms with Gasteiger partial charge >= 0.3 is 0 Å². The van der Waals surface area contributed by atoms with E-state index in [0.29, 0.717) is 11.8 Å². The van der Waals surface area contributed by atoms with Gasteiger partial charge in [-0.05, 0) is 55.2 Å². The van der Waals surface area contributed by atoms with E-state index in [1.54, 1.807) is 0 Å². The molecule has 0 spiro atoms. The van der Waals surface area contributed by atoms with Gasteiger partial charge in [0.1, 0.15) is 0 Å². The zero-order chi connectivity index (χ0) is 18.8. The van der Waals surface area contributed by atoms with Crippen LogP contribution >= 0.6 is 0 Å². The topological polar surface area (TPSA) is 70.4 Å². The summed E-state index contributed by atoms with van der Waals surface area (Å²) < 4.78 is 27.2. The Balaban J connectivity index is 1.64. The highest BCUT2D eigenvalue weighted by Crippen LogP contribution is 2.48. The summed E-state index contributed by atoms with van der Waals surface area (Å²) in [6.45, 7) is 3.22. The molecule has 6 heteroatoms. The molecule has 0 aromatic heterocycles. The molecule has 0 bridgehead atoms. The third kappa shape index (κ3) is 4.66. The smallest absolute Gasteiger partial charge is 0.264 e. The summed E-state index contributed by atoms with van der Waals surface area (Å²) >= 11 is 0. The number of benzene rings is 1. The van der Waals surface area contributed by atoms with Crippen LogP contribution in [-0.4, -0.2) is 27.8 Å². The SMILES string of the molecule is CC/C=C/N(C[C@H]1C[C@@H]1COS(C)(=O)=O)c1ccc(C2(C#N)CC2)cc1. The summed E-state index contributed by atoms with van der Waals surface area (Å²) in [7, 11) is -3.37. The van der Waals surface area contributed by atoms with Gasteiger partial charge in [-0.25, -0.2) is 0 Å². The number of hydrogen-bond donors (Lipinski definition) is 0. The molecule has 3 rings (SSSR count). The molecule has 2 aliphatic rings. The van der Waals surface area contributed by atoms with Crippen molar-refractivity contribution in [1.29, 1.82) is 5.26 Å². The van der Waals surface area contributed by atoms with E-state index in [0.717, 1.165) is 49.7 Å². The fraction of sp³-hybridized carbons (Fsp3) is 0.550. The Hall–Kier alpha value is -1.84. The van der Waals surface area contributed by atoms with Crippen molar-refractivity contribution in [2.24, 2.45) is 11.8 Å². The largest absolute Gasteiger partial charge is 0.348 e. The molecule has 0 amide bonds. The van der Waals surface area contributed by atoms with Gasteiger partial charge in [-0.2, -0.15) is 13.7 Å². The molecule has 0 saturated heterocycles. The number of nitriles is 1. The number of rotatable bonds is 9. The van der Waals surface area contributed by atoms with Crippen molar-refractivity contribution in [3.8, 4) is 6.07 Å². The van der Waals surface area contributed by atoms with E-state index in [4.69, 9.17) is 4.18 Å². The van der Waals surface area contributed by atoms with Crippen molar-refractivity contribution in [3.63, 3.8) is 0 Å². The van der Waals surface area contributed by atoms with E-state index < -0.39 is 10.1 Å². The first-order chi connectivity index (χ1) is 12.4. The van der Waals surface area contributed by atoms with E-state index in [-0.39, 0.29) is 12.0 Å². The maximum atomic E-state index is 11.1. The van der Waals surface area contributed by atoms with E-state index in [9.17, 15) is 13.7 Å². The molecule has 2 atom stereocenters. The molecule has 26 heavy (non-hydrogen) atoms. The Bertz CT molecular complexity index is 804. The van der Waals surface area contributed by atoms with Gasteiger partial charge in [-0.15, -0.1) is 0 Å². The lowest BCUT2D eigenvalue weighted by Crippen LogP contribution is -2.20. The van der Waals surface area contributed by atoms with Crippen molar-refractivity contribution in [1.82, 2.24) is 0 Å². The second-order valence-corrected chi connectivity index (χ2v) is 9.07. The summed E-state index contributed by atoms with van der Waals surface area (Å²) in [5, 5.41) is 9.34. The van der Waals surface area contributed by atoms with Crippen LogP contribution in [0.5, 0.6) is 0 Å². The van der Waals surface area contributed by atoms with Crippen molar-refractivity contribution >= 4 is 15.8 Å². The van der Waals surface area contributed by atoms with E-state index in [1.165, 1.54) is 0 Å². The molecule has 0 heterocycles. The Morgan fingerprint density at radius 3 is 2.54 bits per heavy atom. The number of anilines is 1. The third-order valence-corrected chi connectivity index (χ3v) is 5.80. The van der Waals surface area contributed by atoms with Gasteiger partial charge in [0.15, 0.2) is 0 Å². The maximum Gasteiger partial charge on any atom is 0.264 e. The maximum absolute atomic E-state index is 11.1. The van der Waals surface area contributed by atoms with Crippen LogP contribution in [0, 0.1) is 23.2 Å². The van der Waals surface area contributed by atoms with Crippen LogP contribution in [0.1, 0.15) is 38.2 Å². The average molecular weight is 375 g/mol. The fourth-order valence-corrected chi connectivity index (χ4v) is 3.67. The normalized spacial score (nSPS) is 23.6. The first-order valence-electron chi connectivity index (χ1n) is 9.16. The molecule has 1 aromatic carbocycles. The Labute approximate surface area is 156 Å². The highest BCUT2D eigenvalue weighted by atomic mass is 32.2. The quantitative estimate of drug-likeness (QED) is 0.618. The summed E-state index contributed by atoms with van der Waals surface area (Å²) in [6.07, 6.45) is 9.16. The standard InChI is InChI=1S/C20H26N2O3S/c1-3-4-11-22(13-16-12-17(16)14-25-26(2,23)24)19-7-5-18(6-8-19)20(15-21)9-10-20/h4-8,11,16-17H,3,9-10,12-14H2,1-2H3/b11-4+/t16-,17-/m1/s1. The minimum absolute atomic E-state index is 0.257. The first kappa shape index (κ1) is 18.9. The lowest BCUT2D eigenvalue weighted by molar-refractivity contribution is 0.298. The van der Waals surface area contributed by atoms with Crippen LogP contribution in [-0.2, 0) is 19.7 Å². The van der Waals surface area contributed by atoms with Crippen molar-refractivity contribution < 1.29 is 12.6 Å².